The van der Waals surface area contributed by atoms with Crippen molar-refractivity contribution >= 4 is 11.6 Å². The van der Waals surface area contributed by atoms with Gasteiger partial charge in [0.2, 0.25) is 0 Å². The van der Waals surface area contributed by atoms with Crippen LogP contribution in [0, 0.1) is 5.82 Å². The molecule has 1 rings (SSSR count). The Morgan fingerprint density at radius 2 is 2.00 bits per heavy atom. The molecule has 0 aliphatic heterocycles. The third-order valence-corrected chi connectivity index (χ3v) is 2.43. The highest BCUT2D eigenvalue weighted by Gasteiger charge is 2.37. The van der Waals surface area contributed by atoms with Gasteiger partial charge in [-0.2, -0.15) is 13.2 Å². The molecule has 1 unspecified atom stereocenters. The number of benzene rings is 1. The van der Waals surface area contributed by atoms with E-state index in [2.05, 4.69) is 5.32 Å². The number of aliphatic hydroxyl groups excluding tert-OH is 1. The number of halogens is 5. The van der Waals surface area contributed by atoms with Crippen LogP contribution in [-0.2, 0) is 6.54 Å². The summed E-state index contributed by atoms with van der Waals surface area (Å²) < 4.78 is 49.0. The van der Waals surface area contributed by atoms with Crippen molar-refractivity contribution in [3.8, 4) is 0 Å². The first kappa shape index (κ1) is 14.2. The van der Waals surface area contributed by atoms with Crippen molar-refractivity contribution in [3.63, 3.8) is 0 Å². The third kappa shape index (κ3) is 4.14. The van der Waals surface area contributed by atoms with Crippen LogP contribution in [0.4, 0.5) is 17.6 Å². The molecule has 2 nitrogen and oxygen atoms in total. The maximum absolute atomic E-state index is 13.2. The topological polar surface area (TPSA) is 32.3 Å². The van der Waals surface area contributed by atoms with Crippen LogP contribution in [0.15, 0.2) is 18.2 Å². The zero-order valence-electron chi connectivity index (χ0n) is 8.56. The monoisotopic (exact) mass is 271 g/mol. The molecule has 0 aliphatic carbocycles. The highest BCUT2D eigenvalue weighted by molar-refractivity contribution is 6.31. The predicted octanol–water partition coefficient (Wildman–Crippen LogP) is 2.49. The molecule has 7 heteroatoms. The minimum Gasteiger partial charge on any atom is -0.382 e. The van der Waals surface area contributed by atoms with Gasteiger partial charge in [0.25, 0.3) is 0 Å². The summed E-state index contributed by atoms with van der Waals surface area (Å²) in [5.41, 5.74) is 0.0727. The summed E-state index contributed by atoms with van der Waals surface area (Å²) in [7, 11) is 0. The number of hydrogen-bond acceptors (Lipinski definition) is 2. The fourth-order valence-corrected chi connectivity index (χ4v) is 1.38. The average molecular weight is 272 g/mol. The van der Waals surface area contributed by atoms with Gasteiger partial charge in [0.1, 0.15) is 5.82 Å². The van der Waals surface area contributed by atoms with Crippen molar-refractivity contribution in [1.82, 2.24) is 5.32 Å². The Morgan fingerprint density at radius 1 is 1.35 bits per heavy atom. The second kappa shape index (κ2) is 5.66. The zero-order valence-corrected chi connectivity index (χ0v) is 9.32. The molecule has 96 valence electrons. The molecule has 0 radical (unpaired) electrons. The van der Waals surface area contributed by atoms with Gasteiger partial charge in [-0.15, -0.1) is 0 Å². The molecule has 1 aromatic carbocycles. The van der Waals surface area contributed by atoms with E-state index in [0.29, 0.717) is 0 Å². The molecule has 0 heterocycles. The van der Waals surface area contributed by atoms with E-state index >= 15 is 0 Å². The van der Waals surface area contributed by atoms with E-state index in [9.17, 15) is 17.6 Å². The lowest BCUT2D eigenvalue weighted by Crippen LogP contribution is -2.38. The summed E-state index contributed by atoms with van der Waals surface area (Å²) in [6, 6.07) is 3.98. The van der Waals surface area contributed by atoms with Gasteiger partial charge in [-0.1, -0.05) is 17.7 Å². The van der Waals surface area contributed by atoms with Crippen LogP contribution < -0.4 is 5.32 Å². The van der Waals surface area contributed by atoms with Crippen molar-refractivity contribution < 1.29 is 22.7 Å². The third-order valence-electron chi connectivity index (χ3n) is 2.08. The van der Waals surface area contributed by atoms with Crippen LogP contribution in [0.5, 0.6) is 0 Å². The van der Waals surface area contributed by atoms with Gasteiger partial charge in [0, 0.05) is 23.7 Å². The molecule has 0 saturated heterocycles. The summed E-state index contributed by atoms with van der Waals surface area (Å²) in [6.07, 6.45) is -7.17. The number of alkyl halides is 3. The van der Waals surface area contributed by atoms with Gasteiger partial charge >= 0.3 is 6.18 Å². The largest absolute Gasteiger partial charge is 0.415 e. The maximum atomic E-state index is 13.2. The molecule has 0 aliphatic rings. The van der Waals surface area contributed by atoms with Crippen molar-refractivity contribution in [2.75, 3.05) is 6.54 Å². The normalized spacial score (nSPS) is 13.8. The van der Waals surface area contributed by atoms with Gasteiger partial charge in [0.05, 0.1) is 0 Å². The van der Waals surface area contributed by atoms with Crippen molar-refractivity contribution in [3.05, 3.63) is 34.6 Å². The van der Waals surface area contributed by atoms with Crippen molar-refractivity contribution in [1.29, 1.82) is 0 Å². The standard InChI is InChI=1S/C10H10ClF4NO/c11-7-2-1-3-8(12)6(7)4-16-5-9(17)10(13,14)15/h1-3,9,16-17H,4-5H2. The summed E-state index contributed by atoms with van der Waals surface area (Å²) >= 11 is 5.67. The molecule has 1 atom stereocenters. The van der Waals surface area contributed by atoms with Crippen molar-refractivity contribution in [2.24, 2.45) is 0 Å². The Kier molecular flexibility index (Phi) is 4.73. The SMILES string of the molecule is OC(CNCc1c(F)cccc1Cl)C(F)(F)F. The second-order valence-corrected chi connectivity index (χ2v) is 3.80. The molecule has 1 aromatic rings. The van der Waals surface area contributed by atoms with Crippen LogP contribution in [0.25, 0.3) is 0 Å². The highest BCUT2D eigenvalue weighted by atomic mass is 35.5. The Labute approximate surface area is 100 Å². The first-order valence-corrected chi connectivity index (χ1v) is 5.08. The van der Waals surface area contributed by atoms with E-state index in [1.807, 2.05) is 0 Å². The van der Waals surface area contributed by atoms with Crippen LogP contribution in [0.2, 0.25) is 5.02 Å². The van der Waals surface area contributed by atoms with Gasteiger partial charge in [-0.25, -0.2) is 4.39 Å². The highest BCUT2D eigenvalue weighted by Crippen LogP contribution is 2.20. The molecular formula is C10H10ClF4NO. The van der Waals surface area contributed by atoms with Crippen LogP contribution in [0.3, 0.4) is 0 Å². The minimum atomic E-state index is -4.69. The number of rotatable bonds is 4. The van der Waals surface area contributed by atoms with Crippen LogP contribution in [0.1, 0.15) is 5.56 Å². The first-order chi connectivity index (χ1) is 7.82. The molecular weight excluding hydrogens is 262 g/mol. The Hall–Kier alpha value is -0.850. The summed E-state index contributed by atoms with van der Waals surface area (Å²) in [6.45, 7) is -0.896. The second-order valence-electron chi connectivity index (χ2n) is 3.39. The lowest BCUT2D eigenvalue weighted by molar-refractivity contribution is -0.201. The number of hydrogen-bond donors (Lipinski definition) is 2. The smallest absolute Gasteiger partial charge is 0.382 e. The quantitative estimate of drug-likeness (QED) is 0.825. The van der Waals surface area contributed by atoms with E-state index in [1.54, 1.807) is 0 Å². The predicted molar refractivity (Wildman–Crippen MR) is 55.2 cm³/mol. The number of nitrogens with one attached hydrogen (secondary N) is 1. The number of aliphatic hydroxyl groups is 1. The molecule has 0 saturated carbocycles. The van der Waals surface area contributed by atoms with Gasteiger partial charge < -0.3 is 10.4 Å². The van der Waals surface area contributed by atoms with Crippen LogP contribution in [-0.4, -0.2) is 23.9 Å². The Bertz CT molecular complexity index is 363. The lowest BCUT2D eigenvalue weighted by Gasteiger charge is -2.15. The Balaban J connectivity index is 2.52. The minimum absolute atomic E-state index is 0.0727. The maximum Gasteiger partial charge on any atom is 0.415 e. The molecule has 0 bridgehead atoms. The fraction of sp³-hybridized carbons (Fsp3) is 0.400. The zero-order chi connectivity index (χ0) is 13.1. The van der Waals surface area contributed by atoms with Gasteiger partial charge in [-0.05, 0) is 12.1 Å². The summed E-state index contributed by atoms with van der Waals surface area (Å²) in [5.74, 6) is -0.605. The Morgan fingerprint density at radius 3 is 2.53 bits per heavy atom. The molecule has 0 spiro atoms. The molecule has 0 amide bonds. The van der Waals surface area contributed by atoms with E-state index in [4.69, 9.17) is 16.7 Å². The first-order valence-electron chi connectivity index (χ1n) is 4.70. The van der Waals surface area contributed by atoms with Gasteiger partial charge in [-0.3, -0.25) is 0 Å². The lowest BCUT2D eigenvalue weighted by atomic mass is 10.2. The van der Waals surface area contributed by atoms with Gasteiger partial charge in [0.15, 0.2) is 6.10 Å². The fourth-order valence-electron chi connectivity index (χ4n) is 1.15. The van der Waals surface area contributed by atoms with E-state index in [1.165, 1.54) is 12.1 Å². The summed E-state index contributed by atoms with van der Waals surface area (Å²) in [4.78, 5) is 0. The summed E-state index contributed by atoms with van der Waals surface area (Å²) in [5, 5.41) is 11.1. The van der Waals surface area contributed by atoms with E-state index < -0.39 is 24.6 Å². The van der Waals surface area contributed by atoms with Crippen LogP contribution >= 0.6 is 11.6 Å². The van der Waals surface area contributed by atoms with Crippen molar-refractivity contribution in [2.45, 2.75) is 18.8 Å². The molecule has 2 N–H and O–H groups in total. The molecule has 17 heavy (non-hydrogen) atoms. The van der Waals surface area contributed by atoms with E-state index in [0.717, 1.165) is 6.07 Å². The van der Waals surface area contributed by atoms with E-state index in [-0.39, 0.29) is 17.1 Å². The molecule has 0 aromatic heterocycles. The molecule has 0 fully saturated rings. The average Bonchev–Trinajstić information content (AvgIpc) is 2.20.